The van der Waals surface area contributed by atoms with Gasteiger partial charge in [0.25, 0.3) is 9.84 Å². The van der Waals surface area contributed by atoms with Gasteiger partial charge in [0.05, 0.1) is 27.6 Å². The van der Waals surface area contributed by atoms with E-state index >= 15 is 0 Å². The summed E-state index contributed by atoms with van der Waals surface area (Å²) in [5, 5.41) is 10.0. The molecule has 0 bridgehead atoms. The zero-order valence-corrected chi connectivity index (χ0v) is 21.4. The molecule has 0 unspecified atom stereocenters. The Balaban J connectivity index is 1.79. The van der Waals surface area contributed by atoms with E-state index in [0.29, 0.717) is 17.8 Å². The van der Waals surface area contributed by atoms with Crippen LogP contribution in [0.15, 0.2) is 74.9 Å². The maximum Gasteiger partial charge on any atom is 0.501 e. The van der Waals surface area contributed by atoms with E-state index in [2.05, 4.69) is 15.3 Å². The van der Waals surface area contributed by atoms with E-state index in [4.69, 9.17) is 9.83 Å². The topological polar surface area (TPSA) is 163 Å². The number of pyridine rings is 1. The molecule has 0 fully saturated rings. The van der Waals surface area contributed by atoms with Crippen LogP contribution < -0.4 is 10.2 Å². The van der Waals surface area contributed by atoms with Gasteiger partial charge in [-0.25, -0.2) is 31.6 Å². The van der Waals surface area contributed by atoms with Gasteiger partial charge in [-0.3, -0.25) is 15.6 Å². The number of fused-ring (bicyclic) bond motifs is 1. The van der Waals surface area contributed by atoms with Crippen molar-refractivity contribution in [3.8, 4) is 11.6 Å². The first-order valence-corrected chi connectivity index (χ1v) is 14.0. The van der Waals surface area contributed by atoms with E-state index in [1.807, 2.05) is 0 Å². The fraction of sp³-hybridized carbons (Fsp3) is 0.130. The number of carbonyl (C=O) groups is 1. The molecule has 0 aliphatic rings. The summed E-state index contributed by atoms with van der Waals surface area (Å²) in [6, 6.07) is 12.0. The Morgan fingerprint density at radius 1 is 1.05 bits per heavy atom. The molecule has 2 amide bonds. The normalized spacial score (nSPS) is 12.3. The highest BCUT2D eigenvalue weighted by atomic mass is 32.2. The second-order valence-electron chi connectivity index (χ2n) is 7.81. The molecule has 2 aromatic carbocycles. The number of carbonyl (C=O) groups excluding carboxylic acids is 1. The third-order valence-electron chi connectivity index (χ3n) is 5.37. The van der Waals surface area contributed by atoms with E-state index in [1.54, 1.807) is 30.3 Å². The lowest BCUT2D eigenvalue weighted by Gasteiger charge is -2.18. The molecule has 0 saturated carbocycles. The van der Waals surface area contributed by atoms with Crippen molar-refractivity contribution in [2.75, 3.05) is 16.0 Å². The molecular formula is C23H18F3N5O6S2. The van der Waals surface area contributed by atoms with Crippen molar-refractivity contribution < 1.29 is 39.2 Å². The highest BCUT2D eigenvalue weighted by Crippen LogP contribution is 2.34. The van der Waals surface area contributed by atoms with Crippen LogP contribution in [0.3, 0.4) is 0 Å². The molecule has 4 rings (SSSR count). The van der Waals surface area contributed by atoms with Crippen LogP contribution in [-0.4, -0.2) is 50.4 Å². The lowest BCUT2D eigenvalue weighted by Crippen LogP contribution is -2.33. The van der Waals surface area contributed by atoms with E-state index in [9.17, 15) is 34.8 Å². The van der Waals surface area contributed by atoms with Crippen LogP contribution in [0.1, 0.15) is 6.92 Å². The number of nitrogens with zero attached hydrogens (tertiary/aromatic N) is 3. The summed E-state index contributed by atoms with van der Waals surface area (Å²) in [6.07, 6.45) is 0.759. The number of oxazole rings is 1. The number of alkyl halides is 3. The second-order valence-corrected chi connectivity index (χ2v) is 12.0. The Morgan fingerprint density at radius 3 is 2.36 bits per heavy atom. The Labute approximate surface area is 219 Å². The number of halogens is 3. The largest absolute Gasteiger partial charge is 0.501 e. The minimum absolute atomic E-state index is 0.138. The number of hydrogen-bond donors (Lipinski definition) is 2. The standard InChI is InChI=1S/C23H18F3N5O6S2/c1-2-38(33,34)18-10-11-19(30-22(32)31(13-27)14-6-4-3-5-7-14)29-20(18)21-28-16-12-15(8-9-17(16)37-21)39(35,36)23(24,25)26/h3-13,27H,2H2,1H3,(H,29,30,32). The van der Waals surface area contributed by atoms with Crippen molar-refractivity contribution in [1.82, 2.24) is 9.97 Å². The summed E-state index contributed by atoms with van der Waals surface area (Å²) >= 11 is 0. The number of sulfone groups is 2. The molecule has 204 valence electrons. The quantitative estimate of drug-likeness (QED) is 0.236. The molecule has 0 radical (unpaired) electrons. The molecule has 2 heterocycles. The van der Waals surface area contributed by atoms with Crippen LogP contribution in [-0.2, 0) is 19.7 Å². The first-order chi connectivity index (χ1) is 18.3. The molecule has 0 atom stereocenters. The molecule has 2 aromatic heterocycles. The minimum Gasteiger partial charge on any atom is -0.435 e. The molecule has 11 nitrogen and oxygen atoms in total. The van der Waals surface area contributed by atoms with Crippen molar-refractivity contribution in [3.05, 3.63) is 60.7 Å². The average molecular weight is 582 g/mol. The van der Waals surface area contributed by atoms with Gasteiger partial charge in [-0.2, -0.15) is 13.2 Å². The first kappa shape index (κ1) is 27.7. The van der Waals surface area contributed by atoms with Crippen LogP contribution in [0.5, 0.6) is 0 Å². The van der Waals surface area contributed by atoms with Crippen molar-refractivity contribution >= 4 is 54.6 Å². The number of rotatable bonds is 7. The van der Waals surface area contributed by atoms with Gasteiger partial charge in [0.2, 0.25) is 5.89 Å². The van der Waals surface area contributed by atoms with Crippen molar-refractivity contribution in [2.45, 2.75) is 22.2 Å². The maximum absolute atomic E-state index is 13.0. The van der Waals surface area contributed by atoms with Gasteiger partial charge in [-0.15, -0.1) is 0 Å². The predicted octanol–water partition coefficient (Wildman–Crippen LogP) is 4.62. The third-order valence-corrected chi connectivity index (χ3v) is 8.61. The van der Waals surface area contributed by atoms with Crippen LogP contribution in [0.25, 0.3) is 22.7 Å². The number of amides is 2. The van der Waals surface area contributed by atoms with Gasteiger partial charge in [-0.05, 0) is 42.5 Å². The monoisotopic (exact) mass is 581 g/mol. The number of urea groups is 1. The van der Waals surface area contributed by atoms with Crippen molar-refractivity contribution in [1.29, 1.82) is 5.41 Å². The van der Waals surface area contributed by atoms with Crippen LogP contribution in [0.4, 0.5) is 29.5 Å². The van der Waals surface area contributed by atoms with Gasteiger partial charge < -0.3 is 4.42 Å². The number of hydrogen-bond acceptors (Lipinski definition) is 9. The molecule has 0 spiro atoms. The highest BCUT2D eigenvalue weighted by Gasteiger charge is 2.47. The first-order valence-electron chi connectivity index (χ1n) is 10.9. The highest BCUT2D eigenvalue weighted by molar-refractivity contribution is 7.92. The number of benzene rings is 2. The smallest absolute Gasteiger partial charge is 0.435 e. The van der Waals surface area contributed by atoms with Gasteiger partial charge in [-0.1, -0.05) is 25.1 Å². The second kappa shape index (κ2) is 10.1. The van der Waals surface area contributed by atoms with Crippen LogP contribution >= 0.6 is 0 Å². The van der Waals surface area contributed by atoms with E-state index in [-0.39, 0.29) is 33.3 Å². The molecule has 0 aliphatic carbocycles. The van der Waals surface area contributed by atoms with Crippen molar-refractivity contribution in [2.24, 2.45) is 0 Å². The molecule has 0 aliphatic heterocycles. The molecular weight excluding hydrogens is 563 g/mol. The Hall–Kier alpha value is -4.31. The summed E-state index contributed by atoms with van der Waals surface area (Å²) in [4.78, 5) is 20.5. The molecule has 2 N–H and O–H groups in total. The number of nitrogens with one attached hydrogen (secondary N) is 2. The number of anilines is 2. The maximum atomic E-state index is 13.0. The van der Waals surface area contributed by atoms with Crippen LogP contribution in [0, 0.1) is 5.41 Å². The van der Waals surface area contributed by atoms with Gasteiger partial charge in [0, 0.05) is 0 Å². The zero-order chi connectivity index (χ0) is 28.6. The summed E-state index contributed by atoms with van der Waals surface area (Å²) in [5.74, 6) is -0.950. The molecule has 16 heteroatoms. The fourth-order valence-corrected chi connectivity index (χ4v) is 5.19. The number of para-hydroxylation sites is 1. The molecule has 0 saturated heterocycles. The van der Waals surface area contributed by atoms with E-state index < -0.39 is 42.0 Å². The minimum atomic E-state index is -5.68. The Bertz CT molecular complexity index is 1790. The summed E-state index contributed by atoms with van der Waals surface area (Å²) in [6.45, 7) is 1.37. The summed E-state index contributed by atoms with van der Waals surface area (Å²) in [5.41, 5.74) is -5.99. The lowest BCUT2D eigenvalue weighted by molar-refractivity contribution is -0.0436. The molecule has 39 heavy (non-hydrogen) atoms. The van der Waals surface area contributed by atoms with E-state index in [1.165, 1.54) is 13.0 Å². The third kappa shape index (κ3) is 5.33. The lowest BCUT2D eigenvalue weighted by atomic mass is 10.3. The number of aromatic nitrogens is 2. The Kier molecular flexibility index (Phi) is 7.18. The summed E-state index contributed by atoms with van der Waals surface area (Å²) in [7, 11) is -9.62. The van der Waals surface area contributed by atoms with Crippen LogP contribution in [0.2, 0.25) is 0 Å². The summed E-state index contributed by atoms with van der Waals surface area (Å²) < 4.78 is 93.6. The zero-order valence-electron chi connectivity index (χ0n) is 19.8. The van der Waals surface area contributed by atoms with Crippen molar-refractivity contribution in [3.63, 3.8) is 0 Å². The van der Waals surface area contributed by atoms with E-state index in [0.717, 1.165) is 23.4 Å². The SMILES string of the molecule is CCS(=O)(=O)c1ccc(NC(=O)N(C=N)c2ccccc2)nc1-c1nc2cc(S(=O)(=O)C(F)(F)F)ccc2o1. The van der Waals surface area contributed by atoms with Gasteiger partial charge in [0.1, 0.15) is 17.0 Å². The fourth-order valence-electron chi connectivity index (χ4n) is 3.39. The van der Waals surface area contributed by atoms with Gasteiger partial charge in [0.15, 0.2) is 15.4 Å². The van der Waals surface area contributed by atoms with Gasteiger partial charge >= 0.3 is 11.5 Å². The average Bonchev–Trinajstić information content (AvgIpc) is 3.32. The Morgan fingerprint density at radius 2 is 1.74 bits per heavy atom. The predicted molar refractivity (Wildman–Crippen MR) is 135 cm³/mol. The molecule has 4 aromatic rings.